The molecule has 1 unspecified atom stereocenters. The maximum atomic E-state index is 13.8. The summed E-state index contributed by atoms with van der Waals surface area (Å²) < 4.78 is 19.6. The summed E-state index contributed by atoms with van der Waals surface area (Å²) >= 11 is 0. The molecule has 0 aromatic heterocycles. The van der Waals surface area contributed by atoms with Crippen molar-refractivity contribution in [2.24, 2.45) is 4.99 Å². The molecule has 0 bridgehead atoms. The van der Waals surface area contributed by atoms with Crippen molar-refractivity contribution in [3.63, 3.8) is 0 Å². The lowest BCUT2D eigenvalue weighted by Gasteiger charge is -2.29. The Bertz CT molecular complexity index is 851. The lowest BCUT2D eigenvalue weighted by atomic mass is 10.1. The van der Waals surface area contributed by atoms with E-state index in [-0.39, 0.29) is 23.8 Å². The van der Waals surface area contributed by atoms with Crippen molar-refractivity contribution in [1.29, 1.82) is 0 Å². The summed E-state index contributed by atoms with van der Waals surface area (Å²) in [6.45, 7) is 6.01. The first-order chi connectivity index (χ1) is 15.6. The van der Waals surface area contributed by atoms with Crippen LogP contribution in [0.3, 0.4) is 0 Å². The molecule has 1 fully saturated rings. The van der Waals surface area contributed by atoms with Gasteiger partial charge in [-0.25, -0.2) is 4.39 Å². The first kappa shape index (κ1) is 24.0. The number of rotatable bonds is 9. The number of guanidine groups is 1. The first-order valence-electron chi connectivity index (χ1n) is 11.4. The van der Waals surface area contributed by atoms with Crippen LogP contribution in [0.25, 0.3) is 0 Å². The summed E-state index contributed by atoms with van der Waals surface area (Å²) in [4.78, 5) is 6.66. The third kappa shape index (κ3) is 7.50. The van der Waals surface area contributed by atoms with Crippen LogP contribution in [0.4, 0.5) is 4.39 Å². The van der Waals surface area contributed by atoms with Crippen molar-refractivity contribution in [1.82, 2.24) is 15.5 Å². The lowest BCUT2D eigenvalue weighted by molar-refractivity contribution is 0.0792. The minimum atomic E-state index is -0.352. The molecule has 174 valence electrons. The van der Waals surface area contributed by atoms with Crippen LogP contribution in [0.2, 0.25) is 0 Å². The van der Waals surface area contributed by atoms with Gasteiger partial charge in [-0.05, 0) is 42.5 Å². The molecular weight excluding hydrogens is 407 g/mol. The van der Waals surface area contributed by atoms with E-state index in [9.17, 15) is 9.50 Å². The van der Waals surface area contributed by atoms with Gasteiger partial charge in [0.2, 0.25) is 0 Å². The Kier molecular flexibility index (Phi) is 9.31. The zero-order valence-corrected chi connectivity index (χ0v) is 19.1. The molecular formula is C25H35FN4O2. The van der Waals surface area contributed by atoms with E-state index >= 15 is 0 Å². The van der Waals surface area contributed by atoms with Crippen LogP contribution < -0.4 is 15.4 Å². The first-order valence-corrected chi connectivity index (χ1v) is 11.4. The molecule has 3 N–H and O–H groups in total. The van der Waals surface area contributed by atoms with Crippen LogP contribution in [-0.2, 0) is 13.1 Å². The second kappa shape index (κ2) is 12.4. The van der Waals surface area contributed by atoms with E-state index in [0.29, 0.717) is 19.0 Å². The van der Waals surface area contributed by atoms with Crippen molar-refractivity contribution in [2.75, 3.05) is 26.7 Å². The van der Waals surface area contributed by atoms with Crippen LogP contribution in [0.1, 0.15) is 37.3 Å². The van der Waals surface area contributed by atoms with Gasteiger partial charge in [-0.3, -0.25) is 9.89 Å². The van der Waals surface area contributed by atoms with Gasteiger partial charge in [-0.15, -0.1) is 0 Å². The molecule has 0 aliphatic carbocycles. The van der Waals surface area contributed by atoms with Gasteiger partial charge in [-0.1, -0.05) is 43.3 Å². The van der Waals surface area contributed by atoms with Crippen molar-refractivity contribution >= 4 is 5.96 Å². The minimum Gasteiger partial charge on any atom is -0.486 e. The largest absolute Gasteiger partial charge is 0.486 e. The zero-order valence-electron chi connectivity index (χ0n) is 19.1. The fourth-order valence-electron chi connectivity index (χ4n) is 3.70. The molecule has 1 aliphatic rings. The number of likely N-dealkylation sites (tertiary alicyclic amines) is 1. The molecule has 0 saturated carbocycles. The Morgan fingerprint density at radius 2 is 1.81 bits per heavy atom. The maximum absolute atomic E-state index is 13.8. The predicted octanol–water partition coefficient (Wildman–Crippen LogP) is 3.31. The van der Waals surface area contributed by atoms with Gasteiger partial charge in [0.05, 0.1) is 12.6 Å². The van der Waals surface area contributed by atoms with Crippen molar-refractivity contribution in [3.05, 3.63) is 65.5 Å². The molecule has 7 heteroatoms. The van der Waals surface area contributed by atoms with E-state index in [2.05, 4.69) is 44.8 Å². The number of nitrogens with one attached hydrogen (secondary N) is 2. The zero-order chi connectivity index (χ0) is 22.8. The minimum absolute atomic E-state index is 0.138. The summed E-state index contributed by atoms with van der Waals surface area (Å²) in [7, 11) is 1.73. The summed E-state index contributed by atoms with van der Waals surface area (Å²) in [5.41, 5.74) is 2.45. The normalized spacial score (nSPS) is 16.6. The fourth-order valence-corrected chi connectivity index (χ4v) is 3.70. The van der Waals surface area contributed by atoms with Gasteiger partial charge in [0.1, 0.15) is 6.10 Å². The van der Waals surface area contributed by atoms with Crippen LogP contribution in [0, 0.1) is 5.82 Å². The number of aliphatic hydroxyl groups excluding tert-OH is 1. The quantitative estimate of drug-likeness (QED) is 0.411. The van der Waals surface area contributed by atoms with Gasteiger partial charge in [0, 0.05) is 33.2 Å². The Morgan fingerprint density at radius 1 is 1.12 bits per heavy atom. The van der Waals surface area contributed by atoms with Crippen molar-refractivity contribution in [3.8, 4) is 5.75 Å². The third-order valence-corrected chi connectivity index (χ3v) is 5.75. The van der Waals surface area contributed by atoms with Crippen molar-refractivity contribution in [2.45, 2.75) is 51.5 Å². The average Bonchev–Trinajstić information content (AvgIpc) is 2.82. The Balaban J connectivity index is 1.43. The van der Waals surface area contributed by atoms with Crippen molar-refractivity contribution < 1.29 is 14.2 Å². The highest BCUT2D eigenvalue weighted by molar-refractivity contribution is 5.79. The maximum Gasteiger partial charge on any atom is 0.191 e. The average molecular weight is 443 g/mol. The molecule has 32 heavy (non-hydrogen) atoms. The Morgan fingerprint density at radius 3 is 2.47 bits per heavy atom. The van der Waals surface area contributed by atoms with E-state index in [0.717, 1.165) is 38.9 Å². The number of aliphatic hydroxyl groups is 1. The number of hydrogen-bond acceptors (Lipinski definition) is 4. The van der Waals surface area contributed by atoms with E-state index in [1.54, 1.807) is 25.2 Å². The number of nitrogens with zero attached hydrogens (tertiary/aromatic N) is 2. The second-order valence-corrected chi connectivity index (χ2v) is 8.21. The van der Waals surface area contributed by atoms with E-state index < -0.39 is 0 Å². The van der Waals surface area contributed by atoms with E-state index in [1.807, 2.05) is 6.92 Å². The summed E-state index contributed by atoms with van der Waals surface area (Å²) in [6, 6.07) is 15.0. The molecule has 6 nitrogen and oxygen atoms in total. The van der Waals surface area contributed by atoms with Crippen LogP contribution in [0.5, 0.6) is 5.75 Å². The summed E-state index contributed by atoms with van der Waals surface area (Å²) in [6.07, 6.45) is 2.16. The highest BCUT2D eigenvalue weighted by atomic mass is 19.1. The van der Waals surface area contributed by atoms with Gasteiger partial charge in [0.15, 0.2) is 17.5 Å². The number of para-hydroxylation sites is 1. The number of hydrogen-bond donors (Lipinski definition) is 3. The van der Waals surface area contributed by atoms with E-state index in [1.165, 1.54) is 17.2 Å². The molecule has 0 amide bonds. The molecule has 1 aliphatic heterocycles. The highest BCUT2D eigenvalue weighted by Gasteiger charge is 2.17. The molecule has 2 aromatic carbocycles. The topological polar surface area (TPSA) is 69.1 Å². The third-order valence-electron chi connectivity index (χ3n) is 5.75. The molecule has 2 aromatic rings. The number of aliphatic imine (C=N–C) groups is 1. The van der Waals surface area contributed by atoms with E-state index in [4.69, 9.17) is 4.74 Å². The molecule has 3 rings (SSSR count). The monoisotopic (exact) mass is 442 g/mol. The second-order valence-electron chi connectivity index (χ2n) is 8.21. The molecule has 0 spiro atoms. The highest BCUT2D eigenvalue weighted by Crippen LogP contribution is 2.18. The Hall–Kier alpha value is -2.64. The fraction of sp³-hybridized carbons (Fsp3) is 0.480. The predicted molar refractivity (Wildman–Crippen MR) is 126 cm³/mol. The molecule has 0 radical (unpaired) electrons. The van der Waals surface area contributed by atoms with Crippen LogP contribution in [0.15, 0.2) is 53.5 Å². The van der Waals surface area contributed by atoms with Crippen LogP contribution in [-0.4, -0.2) is 54.9 Å². The number of halogens is 1. The molecule has 1 saturated heterocycles. The standard InChI is InChI=1S/C25H35FN4O2/c1-3-22(32-24-7-5-4-6-23(24)26)17-29-25(27-2)28-16-19-8-10-20(11-9-19)18-30-14-12-21(31)13-15-30/h4-11,21-22,31H,3,12-18H2,1-2H3,(H2,27,28,29). The number of ether oxygens (including phenoxy) is 1. The van der Waals surface area contributed by atoms with Gasteiger partial charge in [-0.2, -0.15) is 0 Å². The van der Waals surface area contributed by atoms with Gasteiger partial charge in [0.25, 0.3) is 0 Å². The number of piperidine rings is 1. The Labute approximate surface area is 190 Å². The summed E-state index contributed by atoms with van der Waals surface area (Å²) in [5, 5.41) is 16.2. The van der Waals surface area contributed by atoms with Gasteiger partial charge < -0.3 is 20.5 Å². The molecule has 1 heterocycles. The smallest absolute Gasteiger partial charge is 0.191 e. The molecule has 1 atom stereocenters. The summed E-state index contributed by atoms with van der Waals surface area (Å²) in [5.74, 6) is 0.594. The van der Waals surface area contributed by atoms with Gasteiger partial charge >= 0.3 is 0 Å². The number of benzene rings is 2. The SMILES string of the molecule is CCC(CNC(=NC)NCc1ccc(CN2CCC(O)CC2)cc1)Oc1ccccc1F. The lowest BCUT2D eigenvalue weighted by Crippen LogP contribution is -2.42. The van der Waals surface area contributed by atoms with Crippen LogP contribution >= 0.6 is 0 Å².